The average Bonchev–Trinajstić information content (AvgIpc) is 3.17. The highest BCUT2D eigenvalue weighted by Gasteiger charge is 2.13. The molecule has 1 aromatic carbocycles. The van der Waals surface area contributed by atoms with Gasteiger partial charge in [-0.3, -0.25) is 0 Å². The predicted molar refractivity (Wildman–Crippen MR) is 106 cm³/mol. The molecule has 0 amide bonds. The molecule has 28 heavy (non-hydrogen) atoms. The van der Waals surface area contributed by atoms with Crippen molar-refractivity contribution >= 4 is 10.9 Å². The van der Waals surface area contributed by atoms with Gasteiger partial charge in [-0.15, -0.1) is 0 Å². The van der Waals surface area contributed by atoms with Gasteiger partial charge in [-0.2, -0.15) is 9.49 Å². The van der Waals surface area contributed by atoms with Gasteiger partial charge in [0.05, 0.1) is 16.9 Å². The Morgan fingerprint density at radius 3 is 2.50 bits per heavy atom. The minimum Gasteiger partial charge on any atom is -0.220 e. The fourth-order valence-electron chi connectivity index (χ4n) is 3.11. The van der Waals surface area contributed by atoms with Crippen LogP contribution in [0.25, 0.3) is 28.1 Å². The summed E-state index contributed by atoms with van der Waals surface area (Å²) >= 11 is 0. The number of nitrogens with zero attached hydrogens (tertiary/aromatic N) is 6. The van der Waals surface area contributed by atoms with Crippen molar-refractivity contribution in [3.8, 4) is 17.2 Å². The Labute approximate surface area is 162 Å². The predicted octanol–water partition coefficient (Wildman–Crippen LogP) is 4.66. The van der Waals surface area contributed by atoms with E-state index in [0.29, 0.717) is 23.1 Å². The van der Waals surface area contributed by atoms with E-state index in [4.69, 9.17) is 0 Å². The Bertz CT molecular complexity index is 1150. The van der Waals surface area contributed by atoms with E-state index in [2.05, 4.69) is 38.9 Å². The molecule has 0 N–H and O–H groups in total. The third-order valence-electron chi connectivity index (χ3n) is 4.59. The molecular formula is C21H21FN6. The van der Waals surface area contributed by atoms with Crippen LogP contribution < -0.4 is 0 Å². The summed E-state index contributed by atoms with van der Waals surface area (Å²) in [4.78, 5) is 16.8. The summed E-state index contributed by atoms with van der Waals surface area (Å²) in [7, 11) is 0. The Kier molecular flexibility index (Phi) is 4.58. The Morgan fingerprint density at radius 1 is 0.929 bits per heavy atom. The summed E-state index contributed by atoms with van der Waals surface area (Å²) in [6.07, 6.45) is 2.85. The lowest BCUT2D eigenvalue weighted by molar-refractivity contribution is 0.535. The summed E-state index contributed by atoms with van der Waals surface area (Å²) in [5.41, 5.74) is 3.82. The molecule has 0 fully saturated rings. The molecule has 6 nitrogen and oxygen atoms in total. The van der Waals surface area contributed by atoms with E-state index in [-0.39, 0.29) is 5.92 Å². The number of hydrogen-bond acceptors (Lipinski definition) is 5. The van der Waals surface area contributed by atoms with Crippen LogP contribution >= 0.6 is 0 Å². The fraction of sp³-hybridized carbons (Fsp3) is 0.286. The summed E-state index contributed by atoms with van der Waals surface area (Å²) in [5.74, 6) is 0.936. The molecule has 0 spiro atoms. The Morgan fingerprint density at radius 2 is 1.75 bits per heavy atom. The van der Waals surface area contributed by atoms with Gasteiger partial charge >= 0.3 is 6.08 Å². The zero-order valence-corrected chi connectivity index (χ0v) is 16.3. The largest absolute Gasteiger partial charge is 0.309 e. The van der Waals surface area contributed by atoms with Crippen molar-refractivity contribution in [2.24, 2.45) is 0 Å². The molecule has 0 aliphatic heterocycles. The van der Waals surface area contributed by atoms with Gasteiger partial charge in [0.25, 0.3) is 5.95 Å². The average molecular weight is 376 g/mol. The van der Waals surface area contributed by atoms with Crippen molar-refractivity contribution < 1.29 is 4.39 Å². The molecule has 0 unspecified atom stereocenters. The van der Waals surface area contributed by atoms with Crippen LogP contribution in [0.15, 0.2) is 42.7 Å². The molecule has 0 saturated carbocycles. The number of aromatic nitrogens is 6. The van der Waals surface area contributed by atoms with Crippen LogP contribution in [0.4, 0.5) is 4.39 Å². The third kappa shape index (κ3) is 3.35. The topological polar surface area (TPSA) is 69.4 Å². The van der Waals surface area contributed by atoms with Crippen molar-refractivity contribution in [2.75, 3.05) is 0 Å². The quantitative estimate of drug-likeness (QED) is 0.485. The SMILES string of the molecule is CC(C)c1ccnc(-n2ccc(-c3ccc4c(C(C)C)nc(F)nc4c3)n2)n1. The standard InChI is InChI=1S/C21H21FN6/c1-12(2)16-7-9-23-21(25-16)28-10-8-17(27-28)14-5-6-15-18(11-14)24-20(22)26-19(15)13(3)4/h5-13H,1-4H3. The van der Waals surface area contributed by atoms with Crippen molar-refractivity contribution in [3.05, 3.63) is 60.2 Å². The molecule has 0 bridgehead atoms. The van der Waals surface area contributed by atoms with E-state index in [1.54, 1.807) is 10.9 Å². The third-order valence-corrected chi connectivity index (χ3v) is 4.59. The highest BCUT2D eigenvalue weighted by molar-refractivity contribution is 5.85. The molecular weight excluding hydrogens is 355 g/mol. The van der Waals surface area contributed by atoms with Crippen LogP contribution in [0.2, 0.25) is 0 Å². The van der Waals surface area contributed by atoms with Crippen LogP contribution in [0.5, 0.6) is 0 Å². The minimum atomic E-state index is -0.710. The van der Waals surface area contributed by atoms with Gasteiger partial charge in [0.2, 0.25) is 0 Å². The van der Waals surface area contributed by atoms with E-state index in [9.17, 15) is 4.39 Å². The monoisotopic (exact) mass is 376 g/mol. The minimum absolute atomic E-state index is 0.107. The van der Waals surface area contributed by atoms with E-state index < -0.39 is 6.08 Å². The fourth-order valence-corrected chi connectivity index (χ4v) is 3.11. The molecule has 4 rings (SSSR count). The normalized spacial score (nSPS) is 11.7. The maximum absolute atomic E-state index is 13.9. The molecule has 3 aromatic heterocycles. The molecule has 0 atom stereocenters. The number of hydrogen-bond donors (Lipinski definition) is 0. The highest BCUT2D eigenvalue weighted by Crippen LogP contribution is 2.27. The number of benzene rings is 1. The first-order chi connectivity index (χ1) is 13.4. The first kappa shape index (κ1) is 18.2. The maximum atomic E-state index is 13.9. The number of halogens is 1. The van der Waals surface area contributed by atoms with Crippen LogP contribution in [-0.2, 0) is 0 Å². The van der Waals surface area contributed by atoms with Crippen LogP contribution in [-0.4, -0.2) is 29.7 Å². The summed E-state index contributed by atoms with van der Waals surface area (Å²) in [6, 6.07) is 9.50. The van der Waals surface area contributed by atoms with Crippen LogP contribution in [0, 0.1) is 6.08 Å². The van der Waals surface area contributed by atoms with Gasteiger partial charge in [0.1, 0.15) is 0 Å². The molecule has 4 aromatic rings. The number of fused-ring (bicyclic) bond motifs is 1. The van der Waals surface area contributed by atoms with Crippen molar-refractivity contribution in [1.82, 2.24) is 29.7 Å². The van der Waals surface area contributed by atoms with Gasteiger partial charge in [-0.1, -0.05) is 39.8 Å². The van der Waals surface area contributed by atoms with E-state index in [1.165, 1.54) is 0 Å². The first-order valence-corrected chi connectivity index (χ1v) is 9.29. The van der Waals surface area contributed by atoms with Gasteiger partial charge in [-0.05, 0) is 30.0 Å². The lowest BCUT2D eigenvalue weighted by Crippen LogP contribution is -2.04. The summed E-state index contributed by atoms with van der Waals surface area (Å²) < 4.78 is 15.5. The number of rotatable bonds is 4. The van der Waals surface area contributed by atoms with Gasteiger partial charge in [-0.25, -0.2) is 24.6 Å². The molecule has 0 aliphatic rings. The van der Waals surface area contributed by atoms with Gasteiger partial charge in [0.15, 0.2) is 0 Å². The molecule has 0 radical (unpaired) electrons. The lowest BCUT2D eigenvalue weighted by Gasteiger charge is -2.09. The highest BCUT2D eigenvalue weighted by atomic mass is 19.1. The zero-order valence-electron chi connectivity index (χ0n) is 16.3. The molecule has 3 heterocycles. The Balaban J connectivity index is 1.74. The molecule has 0 saturated heterocycles. The van der Waals surface area contributed by atoms with E-state index >= 15 is 0 Å². The molecule has 142 valence electrons. The molecule has 7 heteroatoms. The van der Waals surface area contributed by atoms with Gasteiger partial charge < -0.3 is 0 Å². The summed E-state index contributed by atoms with van der Waals surface area (Å²) in [6.45, 7) is 8.15. The Hall–Kier alpha value is -3.22. The second kappa shape index (κ2) is 7.07. The van der Waals surface area contributed by atoms with E-state index in [1.807, 2.05) is 50.4 Å². The van der Waals surface area contributed by atoms with Crippen LogP contribution in [0.1, 0.15) is 50.9 Å². The van der Waals surface area contributed by atoms with Crippen molar-refractivity contribution in [2.45, 2.75) is 39.5 Å². The smallest absolute Gasteiger partial charge is 0.220 e. The lowest BCUT2D eigenvalue weighted by atomic mass is 10.0. The summed E-state index contributed by atoms with van der Waals surface area (Å²) in [5, 5.41) is 5.45. The van der Waals surface area contributed by atoms with Crippen LogP contribution in [0.3, 0.4) is 0 Å². The molecule has 0 aliphatic carbocycles. The second-order valence-corrected chi connectivity index (χ2v) is 7.35. The zero-order chi connectivity index (χ0) is 19.8. The van der Waals surface area contributed by atoms with Crippen molar-refractivity contribution in [1.29, 1.82) is 0 Å². The van der Waals surface area contributed by atoms with E-state index in [0.717, 1.165) is 22.3 Å². The second-order valence-electron chi connectivity index (χ2n) is 7.35. The first-order valence-electron chi connectivity index (χ1n) is 9.29. The van der Waals surface area contributed by atoms with Crippen molar-refractivity contribution in [3.63, 3.8) is 0 Å². The maximum Gasteiger partial charge on any atom is 0.309 e. The van der Waals surface area contributed by atoms with Gasteiger partial charge in [0, 0.05) is 29.0 Å².